The molecule has 88 valence electrons. The lowest BCUT2D eigenvalue weighted by Gasteiger charge is -2.17. The predicted molar refractivity (Wildman–Crippen MR) is 59.0 cm³/mol. The minimum atomic E-state index is -0.511. The van der Waals surface area contributed by atoms with Gasteiger partial charge in [-0.3, -0.25) is 0 Å². The first-order chi connectivity index (χ1) is 7.55. The molecule has 2 heterocycles. The summed E-state index contributed by atoms with van der Waals surface area (Å²) in [6, 6.07) is 3.48. The molecule has 1 aliphatic rings. The third-order valence-electron chi connectivity index (χ3n) is 2.24. The molecular weight excluding hydrogens is 208 g/mol. The van der Waals surface area contributed by atoms with Gasteiger partial charge >= 0.3 is 0 Å². The molecule has 5 nitrogen and oxygen atoms in total. The van der Waals surface area contributed by atoms with E-state index in [1.165, 1.54) is 0 Å². The number of rotatable bonds is 3. The molecule has 0 amide bonds. The summed E-state index contributed by atoms with van der Waals surface area (Å²) in [6.45, 7) is 4.74. The van der Waals surface area contributed by atoms with Gasteiger partial charge in [0.15, 0.2) is 5.79 Å². The van der Waals surface area contributed by atoms with E-state index < -0.39 is 5.79 Å². The van der Waals surface area contributed by atoms with Crippen LogP contribution in [0.25, 0.3) is 0 Å². The minimum absolute atomic E-state index is 0.0469. The zero-order chi connectivity index (χ0) is 11.6. The van der Waals surface area contributed by atoms with Gasteiger partial charge < -0.3 is 19.9 Å². The van der Waals surface area contributed by atoms with E-state index in [9.17, 15) is 0 Å². The maximum atomic E-state index is 5.59. The molecule has 1 aromatic heterocycles. The Morgan fingerprint density at radius 3 is 2.94 bits per heavy atom. The molecule has 1 aromatic rings. The second-order valence-corrected chi connectivity index (χ2v) is 4.19. The summed E-state index contributed by atoms with van der Waals surface area (Å²) in [5.74, 6) is 0.0326. The molecule has 5 heteroatoms. The Morgan fingerprint density at radius 1 is 1.56 bits per heavy atom. The van der Waals surface area contributed by atoms with Crippen LogP contribution >= 0.6 is 0 Å². The summed E-state index contributed by atoms with van der Waals surface area (Å²) < 4.78 is 16.5. The summed E-state index contributed by atoms with van der Waals surface area (Å²) in [5.41, 5.74) is 6.14. The number of hydrogen-bond donors (Lipinski definition) is 1. The van der Waals surface area contributed by atoms with Crippen molar-refractivity contribution in [3.8, 4) is 5.88 Å². The van der Waals surface area contributed by atoms with Gasteiger partial charge in [0, 0.05) is 6.07 Å². The number of nitrogens with zero attached hydrogens (tertiary/aromatic N) is 1. The second kappa shape index (κ2) is 4.27. The first-order valence-corrected chi connectivity index (χ1v) is 5.21. The molecule has 16 heavy (non-hydrogen) atoms. The molecule has 1 aliphatic heterocycles. The van der Waals surface area contributed by atoms with Gasteiger partial charge in [-0.25, -0.2) is 4.98 Å². The monoisotopic (exact) mass is 224 g/mol. The topological polar surface area (TPSA) is 66.6 Å². The first-order valence-electron chi connectivity index (χ1n) is 5.21. The summed E-state index contributed by atoms with van der Waals surface area (Å²) in [5, 5.41) is 0. The number of aromatic nitrogens is 1. The van der Waals surface area contributed by atoms with Crippen molar-refractivity contribution < 1.29 is 14.2 Å². The van der Waals surface area contributed by atoms with Gasteiger partial charge in [-0.05, 0) is 19.9 Å². The van der Waals surface area contributed by atoms with Crippen molar-refractivity contribution >= 4 is 5.69 Å². The number of hydrogen-bond acceptors (Lipinski definition) is 5. The Labute approximate surface area is 94.5 Å². The summed E-state index contributed by atoms with van der Waals surface area (Å²) in [7, 11) is 0. The fourth-order valence-electron chi connectivity index (χ4n) is 1.50. The molecule has 2 rings (SSSR count). The standard InChI is InChI=1S/C11H16N2O3/c1-11(2)15-7-9(16-11)6-14-10-4-3-8(12)5-13-10/h3-5,9H,6-7,12H2,1-2H3/t9-/m1/s1. The van der Waals surface area contributed by atoms with Crippen LogP contribution in [-0.4, -0.2) is 30.1 Å². The average Bonchev–Trinajstić information content (AvgIpc) is 2.58. The molecule has 1 saturated heterocycles. The normalized spacial score (nSPS) is 23.2. The molecule has 0 radical (unpaired) electrons. The lowest BCUT2D eigenvalue weighted by atomic mass is 10.4. The fraction of sp³-hybridized carbons (Fsp3) is 0.545. The lowest BCUT2D eigenvalue weighted by Crippen LogP contribution is -2.25. The largest absolute Gasteiger partial charge is 0.475 e. The molecule has 2 N–H and O–H groups in total. The second-order valence-electron chi connectivity index (χ2n) is 4.19. The van der Waals surface area contributed by atoms with Crippen molar-refractivity contribution in [1.82, 2.24) is 4.98 Å². The van der Waals surface area contributed by atoms with Crippen molar-refractivity contribution in [3.05, 3.63) is 18.3 Å². The van der Waals surface area contributed by atoms with Crippen molar-refractivity contribution in [2.24, 2.45) is 0 Å². The zero-order valence-corrected chi connectivity index (χ0v) is 9.47. The highest BCUT2D eigenvalue weighted by Gasteiger charge is 2.32. The molecule has 0 bridgehead atoms. The van der Waals surface area contributed by atoms with Crippen LogP contribution in [0.2, 0.25) is 0 Å². The Morgan fingerprint density at radius 2 is 2.38 bits per heavy atom. The van der Waals surface area contributed by atoms with Crippen molar-refractivity contribution in [2.45, 2.75) is 25.7 Å². The summed E-state index contributed by atoms with van der Waals surface area (Å²) in [6.07, 6.45) is 1.51. The van der Waals surface area contributed by atoms with E-state index >= 15 is 0 Å². The van der Waals surface area contributed by atoms with Crippen LogP contribution in [0.15, 0.2) is 18.3 Å². The van der Waals surface area contributed by atoms with Crippen LogP contribution in [0, 0.1) is 0 Å². The SMILES string of the molecule is CC1(C)OC[C@@H](COc2ccc(N)cn2)O1. The smallest absolute Gasteiger partial charge is 0.213 e. The van der Waals surface area contributed by atoms with Gasteiger partial charge in [-0.1, -0.05) is 0 Å². The van der Waals surface area contributed by atoms with Crippen LogP contribution in [0.4, 0.5) is 5.69 Å². The predicted octanol–water partition coefficient (Wildman–Crippen LogP) is 1.19. The van der Waals surface area contributed by atoms with Crippen LogP contribution < -0.4 is 10.5 Å². The Balaban J connectivity index is 1.82. The number of ether oxygens (including phenoxy) is 3. The molecule has 1 atom stereocenters. The average molecular weight is 224 g/mol. The molecule has 0 unspecified atom stereocenters. The third-order valence-corrected chi connectivity index (χ3v) is 2.24. The molecular formula is C11H16N2O3. The zero-order valence-electron chi connectivity index (χ0n) is 9.47. The number of pyridine rings is 1. The van der Waals surface area contributed by atoms with Crippen molar-refractivity contribution in [1.29, 1.82) is 0 Å². The van der Waals surface area contributed by atoms with E-state index in [1.54, 1.807) is 18.3 Å². The van der Waals surface area contributed by atoms with Gasteiger partial charge in [0.2, 0.25) is 5.88 Å². The van der Waals surface area contributed by atoms with Gasteiger partial charge in [0.05, 0.1) is 18.5 Å². The van der Waals surface area contributed by atoms with Crippen LogP contribution in [0.1, 0.15) is 13.8 Å². The van der Waals surface area contributed by atoms with Gasteiger partial charge in [0.1, 0.15) is 12.7 Å². The highest BCUT2D eigenvalue weighted by molar-refractivity contribution is 5.35. The van der Waals surface area contributed by atoms with E-state index in [0.717, 1.165) is 0 Å². The quantitative estimate of drug-likeness (QED) is 0.835. The summed E-state index contributed by atoms with van der Waals surface area (Å²) in [4.78, 5) is 4.03. The van der Waals surface area contributed by atoms with Crippen LogP contribution in [0.3, 0.4) is 0 Å². The number of nitrogens with two attached hydrogens (primary N) is 1. The first kappa shape index (κ1) is 11.2. The van der Waals surface area contributed by atoms with E-state index in [1.807, 2.05) is 13.8 Å². The fourth-order valence-corrected chi connectivity index (χ4v) is 1.50. The van der Waals surface area contributed by atoms with Crippen LogP contribution in [-0.2, 0) is 9.47 Å². The highest BCUT2D eigenvalue weighted by atomic mass is 16.7. The maximum Gasteiger partial charge on any atom is 0.213 e. The molecule has 0 aromatic carbocycles. The number of nitrogen functional groups attached to an aromatic ring is 1. The van der Waals surface area contributed by atoms with Gasteiger partial charge in [0.25, 0.3) is 0 Å². The molecule has 0 aliphatic carbocycles. The van der Waals surface area contributed by atoms with Crippen LogP contribution in [0.5, 0.6) is 5.88 Å². The Bertz CT molecular complexity index is 351. The van der Waals surface area contributed by atoms with E-state index in [-0.39, 0.29) is 6.10 Å². The maximum absolute atomic E-state index is 5.59. The lowest BCUT2D eigenvalue weighted by molar-refractivity contribution is -0.141. The molecule has 1 fully saturated rings. The Kier molecular flexibility index (Phi) is 2.98. The van der Waals surface area contributed by atoms with Crippen molar-refractivity contribution in [3.63, 3.8) is 0 Å². The molecule has 0 spiro atoms. The molecule has 0 saturated carbocycles. The van der Waals surface area contributed by atoms with Gasteiger partial charge in [-0.15, -0.1) is 0 Å². The summed E-state index contributed by atoms with van der Waals surface area (Å²) >= 11 is 0. The van der Waals surface area contributed by atoms with E-state index in [0.29, 0.717) is 24.8 Å². The highest BCUT2D eigenvalue weighted by Crippen LogP contribution is 2.22. The Hall–Kier alpha value is -1.33. The minimum Gasteiger partial charge on any atom is -0.475 e. The van der Waals surface area contributed by atoms with E-state index in [4.69, 9.17) is 19.9 Å². The number of anilines is 1. The third kappa shape index (κ3) is 2.84. The van der Waals surface area contributed by atoms with Gasteiger partial charge in [-0.2, -0.15) is 0 Å². The van der Waals surface area contributed by atoms with Crippen molar-refractivity contribution in [2.75, 3.05) is 18.9 Å². The van der Waals surface area contributed by atoms with E-state index in [2.05, 4.69) is 4.98 Å².